The van der Waals surface area contributed by atoms with Crippen molar-refractivity contribution >= 4 is 18.6 Å². The zero-order valence-corrected chi connectivity index (χ0v) is 15.4. The van der Waals surface area contributed by atoms with E-state index in [1.54, 1.807) is 4.57 Å². The van der Waals surface area contributed by atoms with Crippen molar-refractivity contribution in [1.82, 2.24) is 4.57 Å². The Morgan fingerprint density at radius 3 is 2.13 bits per heavy atom. The number of hydrogen-bond acceptors (Lipinski definition) is 3. The lowest BCUT2D eigenvalue weighted by molar-refractivity contribution is 0.00578. The van der Waals surface area contributed by atoms with Gasteiger partial charge in [0, 0.05) is 11.6 Å². The average Bonchev–Trinajstić information content (AvgIpc) is 3.09. The molecule has 2 heterocycles. The van der Waals surface area contributed by atoms with E-state index in [9.17, 15) is 4.79 Å². The van der Waals surface area contributed by atoms with Gasteiger partial charge in [0.15, 0.2) is 0 Å². The molecule has 2 fully saturated rings. The maximum absolute atomic E-state index is 12.9. The average molecular weight is 317 g/mol. The lowest BCUT2D eigenvalue weighted by Gasteiger charge is -2.32. The van der Waals surface area contributed by atoms with Crippen molar-refractivity contribution in [2.45, 2.75) is 78.4 Å². The highest BCUT2D eigenvalue weighted by Crippen LogP contribution is 2.42. The first-order valence-electron chi connectivity index (χ1n) is 8.56. The SMILES string of the molecule is CC(C)(C)C(=O)n1ccc(C2CC2)c1B1OC(C)(C)C(C)(C)O1. The van der Waals surface area contributed by atoms with E-state index in [4.69, 9.17) is 9.31 Å². The molecule has 5 heteroatoms. The van der Waals surface area contributed by atoms with Gasteiger partial charge >= 0.3 is 7.12 Å². The molecule has 0 aromatic carbocycles. The Morgan fingerprint density at radius 1 is 1.17 bits per heavy atom. The maximum atomic E-state index is 12.9. The molecule has 0 radical (unpaired) electrons. The van der Waals surface area contributed by atoms with Gasteiger partial charge in [0.2, 0.25) is 5.91 Å². The van der Waals surface area contributed by atoms with E-state index >= 15 is 0 Å². The number of hydrogen-bond donors (Lipinski definition) is 0. The Bertz CT molecular complexity index is 619. The van der Waals surface area contributed by atoms with Crippen LogP contribution in [0.1, 0.15) is 77.6 Å². The smallest absolute Gasteiger partial charge is 0.398 e. The Labute approximate surface area is 139 Å². The van der Waals surface area contributed by atoms with Gasteiger partial charge in [0.05, 0.1) is 16.8 Å². The number of nitrogens with zero attached hydrogens (tertiary/aromatic N) is 1. The molecule has 1 aromatic heterocycles. The lowest BCUT2D eigenvalue weighted by Crippen LogP contribution is -2.45. The molecule has 23 heavy (non-hydrogen) atoms. The largest absolute Gasteiger partial charge is 0.513 e. The van der Waals surface area contributed by atoms with Crippen LogP contribution in [0.25, 0.3) is 0 Å². The van der Waals surface area contributed by atoms with Crippen LogP contribution >= 0.6 is 0 Å². The normalized spacial score (nSPS) is 23.3. The second-order valence-electron chi connectivity index (χ2n) is 8.94. The van der Waals surface area contributed by atoms with E-state index < -0.39 is 23.7 Å². The molecule has 0 amide bonds. The summed E-state index contributed by atoms with van der Waals surface area (Å²) in [6.07, 6.45) is 4.25. The first-order chi connectivity index (χ1) is 10.4. The van der Waals surface area contributed by atoms with Gasteiger partial charge in [-0.25, -0.2) is 0 Å². The standard InChI is InChI=1S/C18H28BNO3/c1-16(2,3)15(21)20-11-10-13(12-8-9-12)14(20)19-22-17(4,5)18(6,7)23-19/h10-12H,8-9H2,1-7H3. The van der Waals surface area contributed by atoms with Gasteiger partial charge in [-0.05, 0) is 58.1 Å². The highest BCUT2D eigenvalue weighted by Gasteiger charge is 2.54. The van der Waals surface area contributed by atoms with Crippen LogP contribution in [0, 0.1) is 5.41 Å². The molecule has 1 aliphatic heterocycles. The number of carbonyl (C=O) groups is 1. The highest BCUT2D eigenvalue weighted by atomic mass is 16.7. The predicted molar refractivity (Wildman–Crippen MR) is 92.2 cm³/mol. The minimum atomic E-state index is -0.489. The van der Waals surface area contributed by atoms with Crippen molar-refractivity contribution in [1.29, 1.82) is 0 Å². The van der Waals surface area contributed by atoms with E-state index in [1.807, 2.05) is 54.7 Å². The predicted octanol–water partition coefficient (Wildman–Crippen LogP) is 3.35. The van der Waals surface area contributed by atoms with Gasteiger partial charge in [-0.15, -0.1) is 0 Å². The van der Waals surface area contributed by atoms with Gasteiger partial charge in [0.25, 0.3) is 0 Å². The Balaban J connectivity index is 2.04. The van der Waals surface area contributed by atoms with E-state index in [1.165, 1.54) is 18.4 Å². The molecule has 0 atom stereocenters. The fourth-order valence-corrected chi connectivity index (χ4v) is 2.94. The summed E-state index contributed by atoms with van der Waals surface area (Å²) < 4.78 is 14.2. The first-order valence-corrected chi connectivity index (χ1v) is 8.56. The van der Waals surface area contributed by atoms with Crippen molar-refractivity contribution in [3.05, 3.63) is 17.8 Å². The molecular weight excluding hydrogens is 289 g/mol. The van der Waals surface area contributed by atoms with Crippen molar-refractivity contribution in [3.8, 4) is 0 Å². The molecule has 1 aliphatic carbocycles. The zero-order chi connectivity index (χ0) is 17.2. The maximum Gasteiger partial charge on any atom is 0.513 e. The highest BCUT2D eigenvalue weighted by molar-refractivity contribution is 6.62. The molecule has 0 unspecified atom stereocenters. The fourth-order valence-electron chi connectivity index (χ4n) is 2.94. The summed E-state index contributed by atoms with van der Waals surface area (Å²) in [5.41, 5.74) is 0.849. The molecule has 0 bridgehead atoms. The summed E-state index contributed by atoms with van der Waals surface area (Å²) in [6.45, 7) is 14.0. The quantitative estimate of drug-likeness (QED) is 0.786. The molecule has 3 rings (SSSR count). The monoisotopic (exact) mass is 317 g/mol. The summed E-state index contributed by atoms with van der Waals surface area (Å²) in [5, 5.41) is 0. The van der Waals surface area contributed by atoms with E-state index in [0.29, 0.717) is 5.92 Å². The van der Waals surface area contributed by atoms with Crippen molar-refractivity contribution in [2.24, 2.45) is 5.41 Å². The second-order valence-corrected chi connectivity index (χ2v) is 8.94. The van der Waals surface area contributed by atoms with Crippen LogP contribution in [0.3, 0.4) is 0 Å². The van der Waals surface area contributed by atoms with Gasteiger partial charge < -0.3 is 9.31 Å². The Kier molecular flexibility index (Phi) is 3.62. The summed E-state index contributed by atoms with van der Waals surface area (Å²) in [7, 11) is -0.489. The Hall–Kier alpha value is -1.07. The van der Waals surface area contributed by atoms with Crippen LogP contribution in [-0.2, 0) is 9.31 Å². The van der Waals surface area contributed by atoms with Gasteiger partial charge in [0.1, 0.15) is 0 Å². The van der Waals surface area contributed by atoms with E-state index in [0.717, 1.165) is 5.59 Å². The molecule has 2 aliphatic rings. The van der Waals surface area contributed by atoms with Gasteiger partial charge in [-0.3, -0.25) is 9.36 Å². The van der Waals surface area contributed by atoms with Crippen LogP contribution in [0.4, 0.5) is 0 Å². The van der Waals surface area contributed by atoms with E-state index in [-0.39, 0.29) is 5.91 Å². The van der Waals surface area contributed by atoms with Crippen molar-refractivity contribution in [2.75, 3.05) is 0 Å². The zero-order valence-electron chi connectivity index (χ0n) is 15.4. The molecule has 1 saturated heterocycles. The van der Waals surface area contributed by atoms with E-state index in [2.05, 4.69) is 6.07 Å². The summed E-state index contributed by atoms with van der Waals surface area (Å²) in [6, 6.07) is 2.07. The van der Waals surface area contributed by atoms with Crippen LogP contribution in [0.5, 0.6) is 0 Å². The molecule has 1 saturated carbocycles. The molecule has 0 spiro atoms. The van der Waals surface area contributed by atoms with Crippen LogP contribution in [0.15, 0.2) is 12.3 Å². The lowest BCUT2D eigenvalue weighted by atomic mass is 9.80. The number of aromatic nitrogens is 1. The van der Waals surface area contributed by atoms with Crippen LogP contribution < -0.4 is 5.59 Å². The third kappa shape index (κ3) is 2.78. The first kappa shape index (κ1) is 16.8. The third-order valence-corrected chi connectivity index (χ3v) is 5.31. The van der Waals surface area contributed by atoms with Gasteiger partial charge in [-0.1, -0.05) is 20.8 Å². The summed E-state index contributed by atoms with van der Waals surface area (Å²) in [5.74, 6) is 0.618. The Morgan fingerprint density at radius 2 is 1.70 bits per heavy atom. The third-order valence-electron chi connectivity index (χ3n) is 5.31. The second kappa shape index (κ2) is 4.96. The minimum Gasteiger partial charge on any atom is -0.398 e. The molecule has 126 valence electrons. The van der Waals surface area contributed by atoms with Crippen LogP contribution in [0.2, 0.25) is 0 Å². The summed E-state index contributed by atoms with van der Waals surface area (Å²) >= 11 is 0. The molecule has 1 aromatic rings. The molecule has 4 nitrogen and oxygen atoms in total. The van der Waals surface area contributed by atoms with Gasteiger partial charge in [-0.2, -0.15) is 0 Å². The summed E-state index contributed by atoms with van der Waals surface area (Å²) in [4.78, 5) is 12.9. The number of rotatable bonds is 2. The minimum absolute atomic E-state index is 0.0779. The topological polar surface area (TPSA) is 40.5 Å². The number of carbonyl (C=O) groups excluding carboxylic acids is 1. The van der Waals surface area contributed by atoms with Crippen molar-refractivity contribution < 1.29 is 14.1 Å². The van der Waals surface area contributed by atoms with Crippen LogP contribution in [-0.4, -0.2) is 28.8 Å². The molecule has 0 N–H and O–H groups in total. The molecular formula is C18H28BNO3. The van der Waals surface area contributed by atoms with Crippen molar-refractivity contribution in [3.63, 3.8) is 0 Å². The fraction of sp³-hybridized carbons (Fsp3) is 0.722.